The van der Waals surface area contributed by atoms with Gasteiger partial charge in [0.2, 0.25) is 0 Å². The van der Waals surface area contributed by atoms with Crippen LogP contribution in [0.15, 0.2) is 36.4 Å². The van der Waals surface area contributed by atoms with E-state index in [9.17, 15) is 0 Å². The van der Waals surface area contributed by atoms with E-state index in [4.69, 9.17) is 31.0 Å². The fourth-order valence-corrected chi connectivity index (χ4v) is 3.15. The van der Waals surface area contributed by atoms with Gasteiger partial charge in [-0.05, 0) is 58.9 Å². The van der Waals surface area contributed by atoms with Crippen LogP contribution in [-0.2, 0) is 0 Å². The lowest BCUT2D eigenvalue weighted by atomic mass is 10.1. The van der Waals surface area contributed by atoms with Crippen molar-refractivity contribution in [1.82, 2.24) is 9.97 Å². The van der Waals surface area contributed by atoms with Crippen LogP contribution in [0.2, 0.25) is 5.02 Å². The predicted octanol–water partition coefficient (Wildman–Crippen LogP) is 5.96. The van der Waals surface area contributed by atoms with Gasteiger partial charge in [-0.25, -0.2) is 9.97 Å². The van der Waals surface area contributed by atoms with Crippen molar-refractivity contribution < 1.29 is 9.47 Å². The highest BCUT2D eigenvalue weighted by Gasteiger charge is 2.19. The van der Waals surface area contributed by atoms with Crippen LogP contribution in [0.4, 0.5) is 5.82 Å². The highest BCUT2D eigenvalue weighted by Crippen LogP contribution is 2.39. The molecule has 0 unspecified atom stereocenters. The van der Waals surface area contributed by atoms with Gasteiger partial charge in [0.05, 0.1) is 24.0 Å². The maximum Gasteiger partial charge on any atom is 0.139 e. The zero-order valence-electron chi connectivity index (χ0n) is 17.1. The van der Waals surface area contributed by atoms with E-state index in [0.29, 0.717) is 27.7 Å². The molecule has 1 aromatic carbocycles. The highest BCUT2D eigenvalue weighted by atomic mass is 35.5. The Labute approximate surface area is 171 Å². The topological polar surface area (TPSA) is 56.3 Å². The average Bonchev–Trinajstić information content (AvgIpc) is 2.60. The van der Waals surface area contributed by atoms with E-state index in [0.717, 1.165) is 16.9 Å². The Balaban J connectivity index is 2.21. The van der Waals surface area contributed by atoms with Crippen LogP contribution in [0.3, 0.4) is 0 Å². The molecule has 5 nitrogen and oxygen atoms in total. The number of ether oxygens (including phenoxy) is 2. The van der Waals surface area contributed by atoms with Crippen LogP contribution in [0.25, 0.3) is 22.3 Å². The molecule has 2 aromatic heterocycles. The van der Waals surface area contributed by atoms with E-state index >= 15 is 0 Å². The molecule has 0 radical (unpaired) electrons. The molecule has 0 amide bonds. The standard InChI is InChI=1S/C22H26ClN3O2/c1-13(2)24-19-9-7-8-15(25-19)16-12-18(28-22(3,4)5)14-10-11-17(27-6)20(23)21(14)26-16/h7-13H,1-6H3,(H,24,25). The molecule has 0 aliphatic carbocycles. The molecule has 0 aliphatic heterocycles. The molecule has 2 heterocycles. The van der Waals surface area contributed by atoms with Crippen molar-refractivity contribution in [2.45, 2.75) is 46.3 Å². The van der Waals surface area contributed by atoms with Crippen LogP contribution in [-0.4, -0.2) is 28.7 Å². The molecule has 3 aromatic rings. The molecule has 0 fully saturated rings. The van der Waals surface area contributed by atoms with Gasteiger partial charge < -0.3 is 14.8 Å². The molecule has 28 heavy (non-hydrogen) atoms. The van der Waals surface area contributed by atoms with Crippen molar-refractivity contribution in [2.75, 3.05) is 12.4 Å². The fourth-order valence-electron chi connectivity index (χ4n) is 2.87. The van der Waals surface area contributed by atoms with Crippen LogP contribution in [0, 0.1) is 0 Å². The largest absolute Gasteiger partial charge is 0.495 e. The molecule has 1 N–H and O–H groups in total. The monoisotopic (exact) mass is 399 g/mol. The minimum atomic E-state index is -0.369. The van der Waals surface area contributed by atoms with Crippen LogP contribution in [0.5, 0.6) is 11.5 Å². The van der Waals surface area contributed by atoms with Crippen molar-refractivity contribution in [3.63, 3.8) is 0 Å². The van der Waals surface area contributed by atoms with Crippen LogP contribution < -0.4 is 14.8 Å². The Bertz CT molecular complexity index is 997. The predicted molar refractivity (Wildman–Crippen MR) is 116 cm³/mol. The number of hydrogen-bond donors (Lipinski definition) is 1. The molecule has 6 heteroatoms. The van der Waals surface area contributed by atoms with Crippen molar-refractivity contribution in [1.29, 1.82) is 0 Å². The Hall–Kier alpha value is -2.53. The molecular weight excluding hydrogens is 374 g/mol. The van der Waals surface area contributed by atoms with Gasteiger partial charge in [0.1, 0.15) is 27.9 Å². The van der Waals surface area contributed by atoms with Crippen molar-refractivity contribution >= 4 is 28.3 Å². The van der Waals surface area contributed by atoms with E-state index in [2.05, 4.69) is 19.2 Å². The van der Waals surface area contributed by atoms with Crippen LogP contribution in [0.1, 0.15) is 34.6 Å². The summed E-state index contributed by atoms with van der Waals surface area (Å²) in [6, 6.07) is 11.8. The van der Waals surface area contributed by atoms with Crippen molar-refractivity contribution in [3.05, 3.63) is 41.4 Å². The number of halogens is 1. The first-order valence-electron chi connectivity index (χ1n) is 9.28. The number of nitrogens with zero attached hydrogens (tertiary/aromatic N) is 2. The second-order valence-electron chi connectivity index (χ2n) is 7.91. The third kappa shape index (κ3) is 4.47. The number of pyridine rings is 2. The molecule has 0 atom stereocenters. The zero-order valence-corrected chi connectivity index (χ0v) is 17.9. The van der Waals surface area contributed by atoms with E-state index in [1.807, 2.05) is 57.2 Å². The summed E-state index contributed by atoms with van der Waals surface area (Å²) in [4.78, 5) is 9.48. The zero-order chi connectivity index (χ0) is 20.5. The summed E-state index contributed by atoms with van der Waals surface area (Å²) in [7, 11) is 1.59. The second-order valence-corrected chi connectivity index (χ2v) is 8.28. The molecule has 0 spiro atoms. The van der Waals surface area contributed by atoms with Gasteiger partial charge in [-0.1, -0.05) is 17.7 Å². The first-order valence-corrected chi connectivity index (χ1v) is 9.66. The third-order valence-corrected chi connectivity index (χ3v) is 4.30. The molecule has 0 bridgehead atoms. The third-order valence-electron chi connectivity index (χ3n) is 3.93. The molecule has 0 aliphatic rings. The minimum Gasteiger partial charge on any atom is -0.495 e. The molecule has 3 rings (SSSR count). The van der Waals surface area contributed by atoms with Gasteiger partial charge in [-0.15, -0.1) is 0 Å². The Kier molecular flexibility index (Phi) is 5.66. The summed E-state index contributed by atoms with van der Waals surface area (Å²) < 4.78 is 11.6. The van der Waals surface area contributed by atoms with Gasteiger partial charge in [-0.2, -0.15) is 0 Å². The van der Waals surface area contributed by atoms with Gasteiger partial charge in [0, 0.05) is 17.5 Å². The second kappa shape index (κ2) is 7.84. The number of benzene rings is 1. The minimum absolute atomic E-state index is 0.283. The van der Waals surface area contributed by atoms with E-state index in [-0.39, 0.29) is 11.6 Å². The van der Waals surface area contributed by atoms with Gasteiger partial charge in [0.25, 0.3) is 0 Å². The number of fused-ring (bicyclic) bond motifs is 1. The molecular formula is C22H26ClN3O2. The molecule has 148 valence electrons. The Morgan fingerprint density at radius 1 is 1.00 bits per heavy atom. The maximum absolute atomic E-state index is 6.57. The van der Waals surface area contributed by atoms with Gasteiger partial charge in [-0.3, -0.25) is 0 Å². The summed E-state index contributed by atoms with van der Waals surface area (Å²) in [6.45, 7) is 10.2. The lowest BCUT2D eigenvalue weighted by Gasteiger charge is -2.23. The van der Waals surface area contributed by atoms with Gasteiger partial charge >= 0.3 is 0 Å². The Morgan fingerprint density at radius 3 is 2.39 bits per heavy atom. The summed E-state index contributed by atoms with van der Waals surface area (Å²) >= 11 is 6.57. The van der Waals surface area contributed by atoms with E-state index < -0.39 is 0 Å². The number of rotatable bonds is 5. The maximum atomic E-state index is 6.57. The molecule has 0 saturated heterocycles. The summed E-state index contributed by atoms with van der Waals surface area (Å²) in [6.07, 6.45) is 0. The smallest absolute Gasteiger partial charge is 0.139 e. The normalized spacial score (nSPS) is 11.7. The van der Waals surface area contributed by atoms with E-state index in [1.54, 1.807) is 7.11 Å². The lowest BCUT2D eigenvalue weighted by Crippen LogP contribution is -2.23. The summed E-state index contributed by atoms with van der Waals surface area (Å²) in [5.74, 6) is 2.08. The highest BCUT2D eigenvalue weighted by molar-refractivity contribution is 6.36. The molecule has 0 saturated carbocycles. The van der Waals surface area contributed by atoms with Crippen LogP contribution >= 0.6 is 11.6 Å². The number of hydrogen-bond acceptors (Lipinski definition) is 5. The summed E-state index contributed by atoms with van der Waals surface area (Å²) in [5, 5.41) is 4.61. The Morgan fingerprint density at radius 2 is 1.75 bits per heavy atom. The number of nitrogens with one attached hydrogen (secondary N) is 1. The first kappa shape index (κ1) is 20.2. The van der Waals surface area contributed by atoms with Crippen molar-refractivity contribution in [2.24, 2.45) is 0 Å². The number of aromatic nitrogens is 2. The average molecular weight is 400 g/mol. The SMILES string of the molecule is COc1ccc2c(OC(C)(C)C)cc(-c3cccc(NC(C)C)n3)nc2c1Cl. The summed E-state index contributed by atoms with van der Waals surface area (Å²) in [5.41, 5.74) is 1.69. The first-order chi connectivity index (χ1) is 13.2. The van der Waals surface area contributed by atoms with Crippen molar-refractivity contribution in [3.8, 4) is 22.9 Å². The van der Waals surface area contributed by atoms with Gasteiger partial charge in [0.15, 0.2) is 0 Å². The quantitative estimate of drug-likeness (QED) is 0.573. The number of methoxy groups -OCH3 is 1. The van der Waals surface area contributed by atoms with E-state index in [1.165, 1.54) is 0 Å². The fraction of sp³-hybridized carbons (Fsp3) is 0.364. The lowest BCUT2D eigenvalue weighted by molar-refractivity contribution is 0.133. The number of anilines is 1.